The fourth-order valence-electron chi connectivity index (χ4n) is 4.75. The number of hydrogen-bond acceptors (Lipinski definition) is 6. The quantitative estimate of drug-likeness (QED) is 0.764. The number of fused-ring (bicyclic) bond motifs is 1. The molecule has 2 aliphatic heterocycles. The molecule has 7 heteroatoms. The molecule has 2 N–H and O–H groups in total. The van der Waals surface area contributed by atoms with Crippen LogP contribution in [0.3, 0.4) is 0 Å². The van der Waals surface area contributed by atoms with E-state index in [0.29, 0.717) is 30.9 Å². The zero-order valence-corrected chi connectivity index (χ0v) is 18.2. The van der Waals surface area contributed by atoms with Crippen LogP contribution in [-0.4, -0.2) is 31.2 Å². The number of anilines is 3. The Morgan fingerprint density at radius 1 is 1.10 bits per heavy atom. The summed E-state index contributed by atoms with van der Waals surface area (Å²) >= 11 is 0. The maximum Gasteiger partial charge on any atom is 0.414 e. The van der Waals surface area contributed by atoms with Gasteiger partial charge in [0.2, 0.25) is 0 Å². The molecule has 31 heavy (non-hydrogen) atoms. The predicted octanol–water partition coefficient (Wildman–Crippen LogP) is 3.06. The number of carboxylic acid groups (broad SMARTS) is 1. The molecule has 164 valence electrons. The van der Waals surface area contributed by atoms with Crippen molar-refractivity contribution < 1.29 is 19.4 Å². The number of nitrogens with two attached hydrogens (primary N) is 1. The largest absolute Gasteiger partial charge is 0.545 e. The molecule has 1 saturated heterocycles. The summed E-state index contributed by atoms with van der Waals surface area (Å²) in [5.41, 5.74) is 10.0. The average molecular weight is 423 g/mol. The van der Waals surface area contributed by atoms with Crippen LogP contribution in [-0.2, 0) is 16.8 Å². The monoisotopic (exact) mass is 422 g/mol. The molecular weight excluding hydrogens is 394 g/mol. The van der Waals surface area contributed by atoms with Crippen LogP contribution in [0.25, 0.3) is 0 Å². The van der Waals surface area contributed by atoms with Crippen molar-refractivity contribution in [1.82, 2.24) is 0 Å². The van der Waals surface area contributed by atoms with Crippen molar-refractivity contribution >= 4 is 29.1 Å². The zero-order valence-electron chi connectivity index (χ0n) is 18.2. The summed E-state index contributed by atoms with van der Waals surface area (Å²) in [6, 6.07) is 11.2. The first-order chi connectivity index (χ1) is 14.7. The van der Waals surface area contributed by atoms with Gasteiger partial charge in [-0.05, 0) is 36.0 Å². The number of nitrogen functional groups attached to an aromatic ring is 1. The van der Waals surface area contributed by atoms with E-state index in [2.05, 4.69) is 4.90 Å². The summed E-state index contributed by atoms with van der Waals surface area (Å²) in [4.78, 5) is 28.1. The molecule has 0 radical (unpaired) electrons. The number of carbonyl (C=O) groups excluding carboxylic acids is 2. The van der Waals surface area contributed by atoms with Crippen molar-refractivity contribution in [2.45, 2.75) is 51.7 Å². The summed E-state index contributed by atoms with van der Waals surface area (Å²) in [6.45, 7) is 7.55. The lowest BCUT2D eigenvalue weighted by atomic mass is 9.81. The maximum atomic E-state index is 12.5. The summed E-state index contributed by atoms with van der Waals surface area (Å²) in [7, 11) is 0. The van der Waals surface area contributed by atoms with Crippen molar-refractivity contribution in [3.63, 3.8) is 0 Å². The highest BCUT2D eigenvalue weighted by Crippen LogP contribution is 2.39. The number of rotatable bonds is 3. The standard InChI is InChI=1S/C24H29N3O4/c1-24(2,3)20-17(22(28)29)8-9-19(21(20)25)26-12-10-16(11-13-26)27-18-7-5-4-6-15(18)14-31-23(27)30/h4-9,16H,10-14,25H2,1-3H3,(H,28,29)/p-1. The molecule has 0 aliphatic carbocycles. The van der Waals surface area contributed by atoms with Gasteiger partial charge in [0.15, 0.2) is 0 Å². The highest BCUT2D eigenvalue weighted by molar-refractivity contribution is 5.93. The average Bonchev–Trinajstić information content (AvgIpc) is 2.72. The second-order valence-electron chi connectivity index (χ2n) is 9.23. The summed E-state index contributed by atoms with van der Waals surface area (Å²) in [6.07, 6.45) is 1.22. The Labute approximate surface area is 182 Å². The molecule has 7 nitrogen and oxygen atoms in total. The molecule has 0 bridgehead atoms. The number of para-hydroxylation sites is 1. The molecule has 0 spiro atoms. The number of hydrogen-bond donors (Lipinski definition) is 1. The van der Waals surface area contributed by atoms with E-state index in [1.54, 1.807) is 17.0 Å². The first-order valence-electron chi connectivity index (χ1n) is 10.6. The van der Waals surface area contributed by atoms with E-state index in [-0.39, 0.29) is 17.7 Å². The van der Waals surface area contributed by atoms with Gasteiger partial charge in [0.05, 0.1) is 23.0 Å². The SMILES string of the molecule is CC(C)(C)c1c(C(=O)[O-])ccc(N2CCC(N3C(=O)OCc4ccccc43)CC2)c1N. The van der Waals surface area contributed by atoms with E-state index < -0.39 is 11.4 Å². The Hall–Kier alpha value is -3.22. The third-order valence-corrected chi connectivity index (χ3v) is 6.16. The van der Waals surface area contributed by atoms with E-state index in [0.717, 1.165) is 29.8 Å². The van der Waals surface area contributed by atoms with E-state index in [1.807, 2.05) is 45.0 Å². The highest BCUT2D eigenvalue weighted by atomic mass is 16.6. The van der Waals surface area contributed by atoms with Gasteiger partial charge in [0, 0.05) is 30.3 Å². The second-order valence-corrected chi connectivity index (χ2v) is 9.23. The molecule has 0 saturated carbocycles. The topological polar surface area (TPSA) is 98.9 Å². The van der Waals surface area contributed by atoms with Crippen molar-refractivity contribution in [3.8, 4) is 0 Å². The van der Waals surface area contributed by atoms with Crippen molar-refractivity contribution in [2.24, 2.45) is 0 Å². The Morgan fingerprint density at radius 3 is 2.42 bits per heavy atom. The van der Waals surface area contributed by atoms with Gasteiger partial charge >= 0.3 is 6.09 Å². The zero-order chi connectivity index (χ0) is 22.3. The van der Waals surface area contributed by atoms with Crippen LogP contribution in [0.15, 0.2) is 36.4 Å². The molecule has 0 atom stereocenters. The van der Waals surface area contributed by atoms with E-state index >= 15 is 0 Å². The minimum atomic E-state index is -1.22. The lowest BCUT2D eigenvalue weighted by molar-refractivity contribution is -0.255. The number of carbonyl (C=O) groups is 2. The number of carboxylic acids is 1. The van der Waals surface area contributed by atoms with Crippen LogP contribution in [0, 0.1) is 0 Å². The van der Waals surface area contributed by atoms with Crippen LogP contribution < -0.4 is 20.6 Å². The minimum Gasteiger partial charge on any atom is -0.545 e. The Morgan fingerprint density at radius 2 is 1.77 bits per heavy atom. The smallest absolute Gasteiger partial charge is 0.414 e. The molecule has 2 heterocycles. The Bertz CT molecular complexity index is 1020. The van der Waals surface area contributed by atoms with Gasteiger partial charge in [-0.3, -0.25) is 4.90 Å². The molecule has 2 aliphatic rings. The van der Waals surface area contributed by atoms with E-state index in [9.17, 15) is 14.7 Å². The molecule has 4 rings (SSSR count). The second kappa shape index (κ2) is 7.80. The fraction of sp³-hybridized carbons (Fsp3) is 0.417. The van der Waals surface area contributed by atoms with E-state index in [1.165, 1.54) is 0 Å². The van der Waals surface area contributed by atoms with Gasteiger partial charge in [-0.15, -0.1) is 0 Å². The van der Waals surface area contributed by atoms with Crippen molar-refractivity contribution in [1.29, 1.82) is 0 Å². The predicted molar refractivity (Wildman–Crippen MR) is 118 cm³/mol. The van der Waals surface area contributed by atoms with Crippen molar-refractivity contribution in [2.75, 3.05) is 28.6 Å². The van der Waals surface area contributed by atoms with Crippen LogP contribution in [0.4, 0.5) is 21.9 Å². The van der Waals surface area contributed by atoms with Crippen molar-refractivity contribution in [3.05, 3.63) is 53.1 Å². The number of nitrogens with zero attached hydrogens (tertiary/aromatic N) is 2. The first-order valence-corrected chi connectivity index (χ1v) is 10.6. The number of amides is 1. The first kappa shape index (κ1) is 21.0. The number of piperidine rings is 1. The molecule has 1 fully saturated rings. The lowest BCUT2D eigenvalue weighted by Crippen LogP contribution is -2.49. The summed E-state index contributed by atoms with van der Waals surface area (Å²) in [5.74, 6) is -1.22. The minimum absolute atomic E-state index is 0.0380. The number of ether oxygens (including phenoxy) is 1. The maximum absolute atomic E-state index is 12.5. The van der Waals surface area contributed by atoms with Gasteiger partial charge in [-0.1, -0.05) is 45.0 Å². The molecule has 2 aromatic carbocycles. The highest BCUT2D eigenvalue weighted by Gasteiger charge is 2.35. The third-order valence-electron chi connectivity index (χ3n) is 6.16. The molecule has 0 aromatic heterocycles. The van der Waals surface area contributed by atoms with Gasteiger partial charge in [-0.25, -0.2) is 4.79 Å². The van der Waals surface area contributed by atoms with Gasteiger partial charge in [0.1, 0.15) is 6.61 Å². The molecule has 1 amide bonds. The van der Waals surface area contributed by atoms with E-state index in [4.69, 9.17) is 10.5 Å². The summed E-state index contributed by atoms with van der Waals surface area (Å²) < 4.78 is 5.38. The Kier molecular flexibility index (Phi) is 5.29. The molecule has 2 aromatic rings. The van der Waals surface area contributed by atoms with Gasteiger partial charge in [-0.2, -0.15) is 0 Å². The Balaban J connectivity index is 1.58. The van der Waals surface area contributed by atoms with Crippen LogP contribution in [0.2, 0.25) is 0 Å². The summed E-state index contributed by atoms with van der Waals surface area (Å²) in [5, 5.41) is 11.6. The van der Waals surface area contributed by atoms with Gasteiger partial charge in [0.25, 0.3) is 0 Å². The molecule has 0 unspecified atom stereocenters. The fourth-order valence-corrected chi connectivity index (χ4v) is 4.75. The third kappa shape index (κ3) is 3.80. The van der Waals surface area contributed by atoms with Crippen LogP contribution >= 0.6 is 0 Å². The number of aromatic carboxylic acids is 1. The van der Waals surface area contributed by atoms with Crippen LogP contribution in [0.1, 0.15) is 55.1 Å². The number of benzene rings is 2. The number of cyclic esters (lactones) is 1. The van der Waals surface area contributed by atoms with Crippen LogP contribution in [0.5, 0.6) is 0 Å². The normalized spacial score (nSPS) is 17.3. The van der Waals surface area contributed by atoms with Gasteiger partial charge < -0.3 is 25.3 Å². The lowest BCUT2D eigenvalue weighted by Gasteiger charge is -2.41. The molecular formula is C24H28N3O4-.